The van der Waals surface area contributed by atoms with Gasteiger partial charge in [-0.05, 0) is 36.8 Å². The molecule has 0 unspecified atom stereocenters. The Morgan fingerprint density at radius 1 is 1.25 bits per heavy atom. The van der Waals surface area contributed by atoms with E-state index in [0.29, 0.717) is 41.2 Å². The molecule has 6 nitrogen and oxygen atoms in total. The minimum Gasteiger partial charge on any atom is -0.379 e. The molecular formula is C18H20Cl2N2O4S2. The highest BCUT2D eigenvalue weighted by atomic mass is 35.5. The van der Waals surface area contributed by atoms with Crippen LogP contribution in [0, 0.1) is 0 Å². The second-order valence-corrected chi connectivity index (χ2v) is 10.5. The van der Waals surface area contributed by atoms with Gasteiger partial charge in [0, 0.05) is 28.0 Å². The van der Waals surface area contributed by atoms with Crippen molar-refractivity contribution in [2.24, 2.45) is 0 Å². The fourth-order valence-corrected chi connectivity index (χ4v) is 6.38. The Morgan fingerprint density at radius 3 is 2.64 bits per heavy atom. The van der Waals surface area contributed by atoms with Crippen LogP contribution in [0.2, 0.25) is 10.0 Å². The molecule has 0 spiro atoms. The molecule has 1 aromatic carbocycles. The van der Waals surface area contributed by atoms with Gasteiger partial charge in [0.1, 0.15) is 4.21 Å². The van der Waals surface area contributed by atoms with Crippen molar-refractivity contribution in [3.8, 4) is 0 Å². The Morgan fingerprint density at radius 2 is 1.96 bits per heavy atom. The third kappa shape index (κ3) is 5.06. The Hall–Kier alpha value is -1.16. The van der Waals surface area contributed by atoms with E-state index in [-0.39, 0.29) is 22.6 Å². The molecule has 1 aromatic heterocycles. The molecule has 152 valence electrons. The highest BCUT2D eigenvalue weighted by Crippen LogP contribution is 2.28. The van der Waals surface area contributed by atoms with Crippen molar-refractivity contribution in [1.29, 1.82) is 0 Å². The zero-order valence-corrected chi connectivity index (χ0v) is 18.3. The smallest absolute Gasteiger partial charge is 0.252 e. The molecule has 28 heavy (non-hydrogen) atoms. The molecular weight excluding hydrogens is 443 g/mol. The number of rotatable bonds is 6. The molecule has 0 radical (unpaired) electrons. The van der Waals surface area contributed by atoms with Crippen molar-refractivity contribution in [2.45, 2.75) is 23.6 Å². The van der Waals surface area contributed by atoms with E-state index in [1.54, 1.807) is 30.3 Å². The minimum atomic E-state index is -3.54. The number of morpholine rings is 1. The van der Waals surface area contributed by atoms with Crippen LogP contribution in [0.5, 0.6) is 0 Å². The summed E-state index contributed by atoms with van der Waals surface area (Å²) in [6.45, 7) is 3.30. The number of halogens is 2. The number of ether oxygens (including phenoxy) is 1. The first-order valence-electron chi connectivity index (χ1n) is 8.68. The standard InChI is InChI=1S/C18H20Cl2N2O4S2/c1-12(15-4-2-13(19)10-16(15)20)21-17(23)11-14-3-5-18(27-14)28(24,25)22-6-8-26-9-7-22/h2-5,10,12H,6-9,11H2,1H3,(H,21,23)/t12-/m1/s1. The molecule has 1 atom stereocenters. The van der Waals surface area contributed by atoms with Crippen LogP contribution >= 0.6 is 34.5 Å². The van der Waals surface area contributed by atoms with E-state index in [9.17, 15) is 13.2 Å². The number of nitrogens with zero attached hydrogens (tertiary/aromatic N) is 1. The minimum absolute atomic E-state index is 0.0961. The molecule has 3 rings (SSSR count). The van der Waals surface area contributed by atoms with Crippen molar-refractivity contribution < 1.29 is 17.9 Å². The van der Waals surface area contributed by atoms with Gasteiger partial charge in [0.25, 0.3) is 10.0 Å². The van der Waals surface area contributed by atoms with Crippen molar-refractivity contribution >= 4 is 50.5 Å². The molecule has 2 aromatic rings. The van der Waals surface area contributed by atoms with E-state index in [4.69, 9.17) is 27.9 Å². The second kappa shape index (κ2) is 9.11. The van der Waals surface area contributed by atoms with Crippen LogP contribution in [0.25, 0.3) is 0 Å². The van der Waals surface area contributed by atoms with Gasteiger partial charge in [0.15, 0.2) is 0 Å². The van der Waals surface area contributed by atoms with Crippen molar-refractivity contribution in [2.75, 3.05) is 26.3 Å². The zero-order chi connectivity index (χ0) is 20.3. The van der Waals surface area contributed by atoms with Gasteiger partial charge < -0.3 is 10.1 Å². The fraction of sp³-hybridized carbons (Fsp3) is 0.389. The molecule has 1 aliphatic heterocycles. The molecule has 0 aliphatic carbocycles. The lowest BCUT2D eigenvalue weighted by Gasteiger charge is -2.25. The Balaban J connectivity index is 1.63. The monoisotopic (exact) mass is 462 g/mol. The van der Waals surface area contributed by atoms with Gasteiger partial charge in [-0.1, -0.05) is 29.3 Å². The molecule has 10 heteroatoms. The van der Waals surface area contributed by atoms with Crippen LogP contribution in [-0.2, 0) is 26.0 Å². The third-order valence-corrected chi connectivity index (χ3v) is 8.36. The van der Waals surface area contributed by atoms with Crippen LogP contribution in [0.3, 0.4) is 0 Å². The zero-order valence-electron chi connectivity index (χ0n) is 15.2. The van der Waals surface area contributed by atoms with E-state index >= 15 is 0 Å². The first-order valence-corrected chi connectivity index (χ1v) is 11.7. The number of amides is 1. The van der Waals surface area contributed by atoms with Gasteiger partial charge in [-0.25, -0.2) is 8.42 Å². The molecule has 1 N–H and O–H groups in total. The van der Waals surface area contributed by atoms with E-state index in [2.05, 4.69) is 5.32 Å². The Bertz CT molecular complexity index is 956. The lowest BCUT2D eigenvalue weighted by Crippen LogP contribution is -2.40. The summed E-state index contributed by atoms with van der Waals surface area (Å²) in [6.07, 6.45) is 0.0961. The van der Waals surface area contributed by atoms with Crippen LogP contribution in [0.15, 0.2) is 34.5 Å². The largest absolute Gasteiger partial charge is 0.379 e. The van der Waals surface area contributed by atoms with Gasteiger partial charge in [-0.2, -0.15) is 4.31 Å². The quantitative estimate of drug-likeness (QED) is 0.712. The van der Waals surface area contributed by atoms with Crippen LogP contribution in [0.1, 0.15) is 23.4 Å². The Kier molecular flexibility index (Phi) is 7.01. The number of sulfonamides is 1. The molecule has 1 fully saturated rings. The van der Waals surface area contributed by atoms with Gasteiger partial charge >= 0.3 is 0 Å². The normalized spacial score (nSPS) is 16.7. The predicted molar refractivity (Wildman–Crippen MR) is 111 cm³/mol. The van der Waals surface area contributed by atoms with Crippen LogP contribution in [-0.4, -0.2) is 44.9 Å². The summed E-state index contributed by atoms with van der Waals surface area (Å²) in [5.74, 6) is -0.212. The number of nitrogens with one attached hydrogen (secondary N) is 1. The molecule has 0 bridgehead atoms. The molecule has 2 heterocycles. The topological polar surface area (TPSA) is 75.7 Å². The van der Waals surface area contributed by atoms with Crippen molar-refractivity contribution in [1.82, 2.24) is 9.62 Å². The van der Waals surface area contributed by atoms with E-state index < -0.39 is 10.0 Å². The Labute approximate surface area is 178 Å². The number of carbonyl (C=O) groups is 1. The second-order valence-electron chi connectivity index (χ2n) is 6.37. The van der Waals surface area contributed by atoms with Gasteiger partial charge in [0.2, 0.25) is 5.91 Å². The van der Waals surface area contributed by atoms with Crippen molar-refractivity contribution in [3.63, 3.8) is 0 Å². The maximum Gasteiger partial charge on any atom is 0.252 e. The fourth-order valence-electron chi connectivity index (χ4n) is 2.89. The summed E-state index contributed by atoms with van der Waals surface area (Å²) < 4.78 is 32.2. The first kappa shape index (κ1) is 21.5. The number of hydrogen-bond acceptors (Lipinski definition) is 5. The first-order chi connectivity index (χ1) is 13.3. The summed E-state index contributed by atoms with van der Waals surface area (Å²) in [7, 11) is -3.54. The molecule has 1 amide bonds. The number of hydrogen-bond donors (Lipinski definition) is 1. The van der Waals surface area contributed by atoms with E-state index in [1.807, 2.05) is 6.92 Å². The third-order valence-electron chi connectivity index (χ3n) is 4.34. The number of carbonyl (C=O) groups excluding carboxylic acids is 1. The molecule has 1 saturated heterocycles. The van der Waals surface area contributed by atoms with Crippen molar-refractivity contribution in [3.05, 3.63) is 50.8 Å². The lowest BCUT2D eigenvalue weighted by atomic mass is 10.1. The number of benzene rings is 1. The van der Waals surface area contributed by atoms with Crippen LogP contribution < -0.4 is 5.32 Å². The predicted octanol–water partition coefficient (Wildman–Crippen LogP) is 3.50. The van der Waals surface area contributed by atoms with Gasteiger partial charge in [0.05, 0.1) is 25.7 Å². The van der Waals surface area contributed by atoms with E-state index in [1.165, 1.54) is 4.31 Å². The maximum atomic E-state index is 12.7. The van der Waals surface area contributed by atoms with E-state index in [0.717, 1.165) is 16.9 Å². The maximum absolute atomic E-state index is 12.7. The highest BCUT2D eigenvalue weighted by Gasteiger charge is 2.28. The summed E-state index contributed by atoms with van der Waals surface area (Å²) in [6, 6.07) is 8.05. The summed E-state index contributed by atoms with van der Waals surface area (Å²) in [5, 5.41) is 3.89. The molecule has 1 aliphatic rings. The summed E-state index contributed by atoms with van der Waals surface area (Å²) >= 11 is 13.2. The summed E-state index contributed by atoms with van der Waals surface area (Å²) in [4.78, 5) is 13.1. The summed E-state index contributed by atoms with van der Waals surface area (Å²) in [5.41, 5.74) is 0.765. The molecule has 0 saturated carbocycles. The van der Waals surface area contributed by atoms with Crippen LogP contribution in [0.4, 0.5) is 0 Å². The van der Waals surface area contributed by atoms with Gasteiger partial charge in [-0.15, -0.1) is 11.3 Å². The average Bonchev–Trinajstić information content (AvgIpc) is 3.11. The number of thiophene rings is 1. The lowest BCUT2D eigenvalue weighted by molar-refractivity contribution is -0.121. The van der Waals surface area contributed by atoms with Gasteiger partial charge in [-0.3, -0.25) is 4.79 Å². The SMILES string of the molecule is C[C@@H](NC(=O)Cc1ccc(S(=O)(=O)N2CCOCC2)s1)c1ccc(Cl)cc1Cl. The average molecular weight is 463 g/mol. The highest BCUT2D eigenvalue weighted by molar-refractivity contribution is 7.91.